The van der Waals surface area contributed by atoms with Crippen molar-refractivity contribution < 1.29 is 13.2 Å². The van der Waals surface area contributed by atoms with Crippen LogP contribution >= 0.6 is 11.3 Å². The van der Waals surface area contributed by atoms with E-state index in [1.165, 1.54) is 17.7 Å². The number of rotatable bonds is 8. The van der Waals surface area contributed by atoms with E-state index in [9.17, 15) is 13.2 Å². The van der Waals surface area contributed by atoms with Gasteiger partial charge >= 0.3 is 6.18 Å². The SMILES string of the molecule is CN=C(NCCNc1nccc(C(F)(F)F)n1)NCC(c1cccs1)N1CCCC1. The first-order valence-electron chi connectivity index (χ1n) is 9.83. The van der Waals surface area contributed by atoms with Crippen molar-refractivity contribution in [1.82, 2.24) is 25.5 Å². The standard InChI is InChI=1S/C19H26F3N7S/c1-23-17(25-8-9-26-18-24-7-6-16(28-18)19(20,21)22)27-13-14(15-5-4-12-30-15)29-10-2-3-11-29/h4-7,12,14H,2-3,8-11,13H2,1H3,(H2,23,25,27)(H,24,26,28). The van der Waals surface area contributed by atoms with Gasteiger partial charge in [0.1, 0.15) is 5.69 Å². The topological polar surface area (TPSA) is 77.5 Å². The van der Waals surface area contributed by atoms with Gasteiger partial charge < -0.3 is 16.0 Å². The highest BCUT2D eigenvalue weighted by atomic mass is 32.1. The van der Waals surface area contributed by atoms with E-state index in [1.807, 2.05) is 0 Å². The van der Waals surface area contributed by atoms with Crippen molar-refractivity contribution in [2.45, 2.75) is 25.1 Å². The number of alkyl halides is 3. The molecule has 1 saturated heterocycles. The lowest BCUT2D eigenvalue weighted by Crippen LogP contribution is -2.43. The maximum absolute atomic E-state index is 12.7. The van der Waals surface area contributed by atoms with Crippen LogP contribution in [0.25, 0.3) is 0 Å². The molecular formula is C19H26F3N7S. The highest BCUT2D eigenvalue weighted by Crippen LogP contribution is 2.28. The van der Waals surface area contributed by atoms with Crippen LogP contribution in [0.5, 0.6) is 0 Å². The predicted octanol–water partition coefficient (Wildman–Crippen LogP) is 2.97. The average Bonchev–Trinajstić information content (AvgIpc) is 3.44. The molecule has 0 radical (unpaired) electrons. The minimum absolute atomic E-state index is 0.0543. The van der Waals surface area contributed by atoms with Crippen LogP contribution in [0.1, 0.15) is 29.5 Å². The molecule has 7 nitrogen and oxygen atoms in total. The Morgan fingerprint density at radius 3 is 2.70 bits per heavy atom. The summed E-state index contributed by atoms with van der Waals surface area (Å²) in [6, 6.07) is 5.37. The summed E-state index contributed by atoms with van der Waals surface area (Å²) in [7, 11) is 1.69. The fraction of sp³-hybridized carbons (Fsp3) is 0.526. The lowest BCUT2D eigenvalue weighted by Gasteiger charge is -2.27. The van der Waals surface area contributed by atoms with Gasteiger partial charge in [0, 0.05) is 37.8 Å². The summed E-state index contributed by atoms with van der Waals surface area (Å²) in [5.74, 6) is 0.587. The number of anilines is 1. The Kier molecular flexibility index (Phi) is 7.86. The number of guanidine groups is 1. The molecule has 1 aliphatic rings. The molecular weight excluding hydrogens is 415 g/mol. The van der Waals surface area contributed by atoms with Crippen molar-refractivity contribution in [2.24, 2.45) is 4.99 Å². The van der Waals surface area contributed by atoms with E-state index in [0.717, 1.165) is 31.9 Å². The smallest absolute Gasteiger partial charge is 0.355 e. The third kappa shape index (κ3) is 6.30. The van der Waals surface area contributed by atoms with E-state index in [1.54, 1.807) is 18.4 Å². The van der Waals surface area contributed by atoms with Crippen molar-refractivity contribution in [3.8, 4) is 0 Å². The Morgan fingerprint density at radius 1 is 1.23 bits per heavy atom. The number of nitrogens with zero attached hydrogens (tertiary/aromatic N) is 4. The molecule has 2 aromatic rings. The molecule has 0 saturated carbocycles. The van der Waals surface area contributed by atoms with Crippen LogP contribution in [-0.4, -0.2) is 60.6 Å². The molecule has 0 aromatic carbocycles. The molecule has 0 spiro atoms. The third-order valence-electron chi connectivity index (χ3n) is 4.79. The second-order valence-electron chi connectivity index (χ2n) is 6.84. The molecule has 1 fully saturated rings. The first kappa shape index (κ1) is 22.3. The largest absolute Gasteiger partial charge is 0.433 e. The summed E-state index contributed by atoms with van der Waals surface area (Å²) in [6.07, 6.45) is -0.955. The van der Waals surface area contributed by atoms with Crippen LogP contribution in [0, 0.1) is 0 Å². The zero-order valence-corrected chi connectivity index (χ0v) is 17.6. The molecule has 3 N–H and O–H groups in total. The monoisotopic (exact) mass is 441 g/mol. The van der Waals surface area contributed by atoms with Crippen LogP contribution in [0.4, 0.5) is 19.1 Å². The Hall–Kier alpha value is -2.40. The van der Waals surface area contributed by atoms with E-state index in [0.29, 0.717) is 25.1 Å². The Morgan fingerprint density at radius 2 is 2.03 bits per heavy atom. The molecule has 0 bridgehead atoms. The van der Waals surface area contributed by atoms with Gasteiger partial charge in [-0.2, -0.15) is 13.2 Å². The van der Waals surface area contributed by atoms with Gasteiger partial charge in [-0.25, -0.2) is 9.97 Å². The van der Waals surface area contributed by atoms with Gasteiger partial charge in [-0.05, 0) is 43.4 Å². The average molecular weight is 442 g/mol. The summed E-state index contributed by atoms with van der Waals surface area (Å²) in [5.41, 5.74) is -0.966. The minimum atomic E-state index is -4.49. The maximum Gasteiger partial charge on any atom is 0.433 e. The summed E-state index contributed by atoms with van der Waals surface area (Å²) in [5, 5.41) is 11.4. The highest BCUT2D eigenvalue weighted by molar-refractivity contribution is 7.10. The molecule has 0 aliphatic carbocycles. The molecule has 1 aliphatic heterocycles. The number of thiophene rings is 1. The minimum Gasteiger partial charge on any atom is -0.355 e. The zero-order valence-electron chi connectivity index (χ0n) is 16.7. The predicted molar refractivity (Wildman–Crippen MR) is 113 cm³/mol. The first-order chi connectivity index (χ1) is 14.5. The number of nitrogens with one attached hydrogen (secondary N) is 3. The molecule has 164 valence electrons. The number of hydrogen-bond acceptors (Lipinski definition) is 6. The summed E-state index contributed by atoms with van der Waals surface area (Å²) < 4.78 is 38.1. The van der Waals surface area contributed by atoms with E-state index < -0.39 is 11.9 Å². The van der Waals surface area contributed by atoms with Crippen LogP contribution in [0.3, 0.4) is 0 Å². The van der Waals surface area contributed by atoms with Gasteiger partial charge in [0.05, 0.1) is 6.04 Å². The Balaban J connectivity index is 1.45. The van der Waals surface area contributed by atoms with E-state index in [-0.39, 0.29) is 5.95 Å². The normalized spacial score (nSPS) is 16.5. The molecule has 2 aromatic heterocycles. The Labute approximate surface area is 177 Å². The van der Waals surface area contributed by atoms with Gasteiger partial charge in [0.15, 0.2) is 5.96 Å². The molecule has 30 heavy (non-hydrogen) atoms. The van der Waals surface area contributed by atoms with Gasteiger partial charge in [0.2, 0.25) is 5.95 Å². The lowest BCUT2D eigenvalue weighted by molar-refractivity contribution is -0.141. The van der Waals surface area contributed by atoms with E-state index in [4.69, 9.17) is 0 Å². The van der Waals surface area contributed by atoms with E-state index in [2.05, 4.69) is 53.3 Å². The molecule has 1 unspecified atom stereocenters. The quantitative estimate of drug-likeness (QED) is 0.332. The third-order valence-corrected chi connectivity index (χ3v) is 5.76. The van der Waals surface area contributed by atoms with Crippen LogP contribution in [0.15, 0.2) is 34.8 Å². The van der Waals surface area contributed by atoms with E-state index >= 15 is 0 Å². The van der Waals surface area contributed by atoms with Gasteiger partial charge in [-0.15, -0.1) is 11.3 Å². The lowest BCUT2D eigenvalue weighted by atomic mass is 10.2. The number of aliphatic imine (C=N–C) groups is 1. The van der Waals surface area contributed by atoms with Crippen molar-refractivity contribution in [2.75, 3.05) is 45.1 Å². The number of likely N-dealkylation sites (tertiary alicyclic amines) is 1. The van der Waals surface area contributed by atoms with Gasteiger partial charge in [0.25, 0.3) is 0 Å². The second kappa shape index (κ2) is 10.6. The summed E-state index contributed by atoms with van der Waals surface area (Å²) in [4.78, 5) is 15.3. The number of hydrogen-bond donors (Lipinski definition) is 3. The van der Waals surface area contributed by atoms with Crippen molar-refractivity contribution in [3.63, 3.8) is 0 Å². The molecule has 0 amide bonds. The van der Waals surface area contributed by atoms with Crippen molar-refractivity contribution in [1.29, 1.82) is 0 Å². The Bertz CT molecular complexity index is 805. The molecule has 11 heteroatoms. The van der Waals surface area contributed by atoms with Crippen molar-refractivity contribution >= 4 is 23.2 Å². The second-order valence-corrected chi connectivity index (χ2v) is 7.82. The fourth-order valence-electron chi connectivity index (χ4n) is 3.31. The highest BCUT2D eigenvalue weighted by Gasteiger charge is 2.32. The molecule has 3 rings (SSSR count). The molecule has 3 heterocycles. The zero-order chi connectivity index (χ0) is 21.4. The van der Waals surface area contributed by atoms with Crippen LogP contribution in [0.2, 0.25) is 0 Å². The fourth-order valence-corrected chi connectivity index (χ4v) is 4.18. The first-order valence-corrected chi connectivity index (χ1v) is 10.7. The van der Waals surface area contributed by atoms with Crippen molar-refractivity contribution in [3.05, 3.63) is 40.3 Å². The number of halogens is 3. The van der Waals surface area contributed by atoms with Crippen LogP contribution in [-0.2, 0) is 6.18 Å². The van der Waals surface area contributed by atoms with Gasteiger partial charge in [-0.1, -0.05) is 6.07 Å². The summed E-state index contributed by atoms with van der Waals surface area (Å²) in [6.45, 7) is 3.72. The molecule has 1 atom stereocenters. The number of aromatic nitrogens is 2. The van der Waals surface area contributed by atoms with Gasteiger partial charge in [-0.3, -0.25) is 9.89 Å². The maximum atomic E-state index is 12.7. The summed E-state index contributed by atoms with van der Waals surface area (Å²) >= 11 is 1.75. The van der Waals surface area contributed by atoms with Crippen LogP contribution < -0.4 is 16.0 Å².